The van der Waals surface area contributed by atoms with E-state index in [0.717, 1.165) is 0 Å². The summed E-state index contributed by atoms with van der Waals surface area (Å²) in [6, 6.07) is 3.83. The molecular weight excluding hydrogens is 304 g/mol. The molecule has 3 amide bonds. The Hall–Kier alpha value is -2.77. The summed E-state index contributed by atoms with van der Waals surface area (Å²) >= 11 is 0. The highest BCUT2D eigenvalue weighted by Gasteiger charge is 2.17. The SMILES string of the molecule is COc1ccc(OC)c(C(=O)OCC(=O)NC(=O)NC(C)C)c1. The average molecular weight is 324 g/mol. The Balaban J connectivity index is 2.63. The highest BCUT2D eigenvalue weighted by atomic mass is 16.5. The quantitative estimate of drug-likeness (QED) is 0.760. The van der Waals surface area contributed by atoms with Crippen molar-refractivity contribution >= 4 is 17.9 Å². The minimum Gasteiger partial charge on any atom is -0.497 e. The number of hydrogen-bond donors (Lipinski definition) is 2. The first-order chi connectivity index (χ1) is 10.9. The molecule has 1 aromatic rings. The van der Waals surface area contributed by atoms with E-state index in [1.165, 1.54) is 20.3 Å². The van der Waals surface area contributed by atoms with Crippen LogP contribution in [0.15, 0.2) is 18.2 Å². The summed E-state index contributed by atoms with van der Waals surface area (Å²) in [7, 11) is 2.86. The summed E-state index contributed by atoms with van der Waals surface area (Å²) < 4.78 is 15.0. The van der Waals surface area contributed by atoms with E-state index in [-0.39, 0.29) is 17.4 Å². The monoisotopic (exact) mass is 324 g/mol. The molecule has 0 aliphatic carbocycles. The van der Waals surface area contributed by atoms with E-state index in [1.54, 1.807) is 26.0 Å². The maximum atomic E-state index is 12.0. The van der Waals surface area contributed by atoms with Crippen LogP contribution in [0, 0.1) is 0 Å². The number of amides is 3. The number of nitrogens with one attached hydrogen (secondary N) is 2. The van der Waals surface area contributed by atoms with Crippen LogP contribution in [0.5, 0.6) is 11.5 Å². The minimum absolute atomic E-state index is 0.117. The van der Waals surface area contributed by atoms with Crippen LogP contribution >= 0.6 is 0 Å². The molecule has 0 heterocycles. The third-order valence-electron chi connectivity index (χ3n) is 2.63. The number of imide groups is 1. The lowest BCUT2D eigenvalue weighted by molar-refractivity contribution is -0.123. The molecule has 1 rings (SSSR count). The zero-order valence-electron chi connectivity index (χ0n) is 13.5. The van der Waals surface area contributed by atoms with Crippen molar-refractivity contribution in [2.24, 2.45) is 0 Å². The largest absolute Gasteiger partial charge is 0.497 e. The molecule has 0 spiro atoms. The Labute approximate surface area is 134 Å². The zero-order chi connectivity index (χ0) is 17.4. The van der Waals surface area contributed by atoms with E-state index in [0.29, 0.717) is 5.75 Å². The second-order valence-electron chi connectivity index (χ2n) is 4.82. The van der Waals surface area contributed by atoms with Gasteiger partial charge in [-0.1, -0.05) is 0 Å². The molecule has 0 atom stereocenters. The van der Waals surface area contributed by atoms with Gasteiger partial charge in [0, 0.05) is 6.04 Å². The van der Waals surface area contributed by atoms with E-state index < -0.39 is 24.5 Å². The Morgan fingerprint density at radius 1 is 1.13 bits per heavy atom. The van der Waals surface area contributed by atoms with Gasteiger partial charge in [-0.2, -0.15) is 0 Å². The van der Waals surface area contributed by atoms with Gasteiger partial charge in [0.2, 0.25) is 0 Å². The van der Waals surface area contributed by atoms with Crippen LogP contribution in [-0.4, -0.2) is 44.8 Å². The molecule has 0 aliphatic rings. The lowest BCUT2D eigenvalue weighted by Gasteiger charge is -2.11. The molecule has 2 N–H and O–H groups in total. The van der Waals surface area contributed by atoms with E-state index in [4.69, 9.17) is 14.2 Å². The van der Waals surface area contributed by atoms with Gasteiger partial charge in [0.05, 0.1) is 14.2 Å². The maximum absolute atomic E-state index is 12.0. The van der Waals surface area contributed by atoms with E-state index in [1.807, 2.05) is 5.32 Å². The third-order valence-corrected chi connectivity index (χ3v) is 2.63. The Morgan fingerprint density at radius 3 is 2.39 bits per heavy atom. The van der Waals surface area contributed by atoms with E-state index in [9.17, 15) is 14.4 Å². The highest BCUT2D eigenvalue weighted by Crippen LogP contribution is 2.24. The lowest BCUT2D eigenvalue weighted by Crippen LogP contribution is -2.44. The van der Waals surface area contributed by atoms with Gasteiger partial charge in [-0.3, -0.25) is 10.1 Å². The molecule has 0 aliphatic heterocycles. The third kappa shape index (κ3) is 5.85. The Morgan fingerprint density at radius 2 is 1.83 bits per heavy atom. The first-order valence-electron chi connectivity index (χ1n) is 6.86. The average Bonchev–Trinajstić information content (AvgIpc) is 2.50. The second kappa shape index (κ2) is 8.62. The fraction of sp³-hybridized carbons (Fsp3) is 0.400. The van der Waals surface area contributed by atoms with Crippen LogP contribution in [0.2, 0.25) is 0 Å². The molecule has 23 heavy (non-hydrogen) atoms. The number of benzene rings is 1. The molecule has 0 aromatic heterocycles. The lowest BCUT2D eigenvalue weighted by atomic mass is 10.2. The van der Waals surface area contributed by atoms with E-state index >= 15 is 0 Å². The van der Waals surface area contributed by atoms with Gasteiger partial charge in [0.1, 0.15) is 17.1 Å². The number of hydrogen-bond acceptors (Lipinski definition) is 6. The van der Waals surface area contributed by atoms with Gasteiger partial charge in [0.25, 0.3) is 5.91 Å². The van der Waals surface area contributed by atoms with Crippen molar-refractivity contribution in [3.8, 4) is 11.5 Å². The van der Waals surface area contributed by atoms with Gasteiger partial charge in [0.15, 0.2) is 6.61 Å². The zero-order valence-corrected chi connectivity index (χ0v) is 13.5. The van der Waals surface area contributed by atoms with Crippen LogP contribution in [-0.2, 0) is 9.53 Å². The summed E-state index contributed by atoms with van der Waals surface area (Å²) in [5.74, 6) is -0.772. The number of esters is 1. The molecule has 0 bridgehead atoms. The predicted octanol–water partition coefficient (Wildman–Crippen LogP) is 1.09. The maximum Gasteiger partial charge on any atom is 0.342 e. The van der Waals surface area contributed by atoms with E-state index in [2.05, 4.69) is 5.32 Å². The van der Waals surface area contributed by atoms with Crippen molar-refractivity contribution in [2.75, 3.05) is 20.8 Å². The number of carbonyl (C=O) groups excluding carboxylic acids is 3. The molecule has 0 saturated heterocycles. The molecule has 1 aromatic carbocycles. The number of carbonyl (C=O) groups is 3. The molecule has 0 radical (unpaired) electrons. The van der Waals surface area contributed by atoms with Crippen LogP contribution in [0.4, 0.5) is 4.79 Å². The summed E-state index contributed by atoms with van der Waals surface area (Å²) in [6.07, 6.45) is 0. The van der Waals surface area contributed by atoms with Crippen molar-refractivity contribution < 1.29 is 28.6 Å². The van der Waals surface area contributed by atoms with Gasteiger partial charge in [-0.15, -0.1) is 0 Å². The standard InChI is InChI=1S/C15H20N2O6/c1-9(2)16-15(20)17-13(18)8-23-14(19)11-7-10(21-3)5-6-12(11)22-4/h5-7,9H,8H2,1-4H3,(H2,16,17,18,20). The van der Waals surface area contributed by atoms with Crippen LogP contribution < -0.4 is 20.1 Å². The van der Waals surface area contributed by atoms with Gasteiger partial charge in [-0.25, -0.2) is 9.59 Å². The van der Waals surface area contributed by atoms with Crippen molar-refractivity contribution in [1.29, 1.82) is 0 Å². The fourth-order valence-corrected chi connectivity index (χ4v) is 1.64. The molecule has 0 fully saturated rings. The first-order valence-corrected chi connectivity index (χ1v) is 6.86. The van der Waals surface area contributed by atoms with Crippen LogP contribution in [0.1, 0.15) is 24.2 Å². The topological polar surface area (TPSA) is 103 Å². The summed E-state index contributed by atoms with van der Waals surface area (Å²) in [5.41, 5.74) is 0.117. The molecule has 8 heteroatoms. The minimum atomic E-state index is -0.764. The molecular formula is C15H20N2O6. The number of urea groups is 1. The Kier molecular flexibility index (Phi) is 6.85. The van der Waals surface area contributed by atoms with Gasteiger partial charge in [-0.05, 0) is 32.0 Å². The van der Waals surface area contributed by atoms with Crippen molar-refractivity contribution in [1.82, 2.24) is 10.6 Å². The van der Waals surface area contributed by atoms with Crippen molar-refractivity contribution in [3.63, 3.8) is 0 Å². The highest BCUT2D eigenvalue weighted by molar-refractivity contribution is 5.98. The smallest absolute Gasteiger partial charge is 0.342 e. The summed E-state index contributed by atoms with van der Waals surface area (Å²) in [6.45, 7) is 2.91. The molecule has 8 nitrogen and oxygen atoms in total. The summed E-state index contributed by atoms with van der Waals surface area (Å²) in [5, 5.41) is 4.53. The van der Waals surface area contributed by atoms with Gasteiger partial charge < -0.3 is 19.5 Å². The fourth-order valence-electron chi connectivity index (χ4n) is 1.64. The second-order valence-corrected chi connectivity index (χ2v) is 4.82. The number of methoxy groups -OCH3 is 2. The van der Waals surface area contributed by atoms with Crippen molar-refractivity contribution in [2.45, 2.75) is 19.9 Å². The predicted molar refractivity (Wildman–Crippen MR) is 81.6 cm³/mol. The van der Waals surface area contributed by atoms with Crippen molar-refractivity contribution in [3.05, 3.63) is 23.8 Å². The Bertz CT molecular complexity index is 585. The molecule has 0 unspecified atom stereocenters. The number of ether oxygens (including phenoxy) is 3. The summed E-state index contributed by atoms with van der Waals surface area (Å²) in [4.78, 5) is 34.9. The normalized spacial score (nSPS) is 9.96. The first kappa shape index (κ1) is 18.3. The molecule has 0 saturated carbocycles. The van der Waals surface area contributed by atoms with Crippen LogP contribution in [0.25, 0.3) is 0 Å². The van der Waals surface area contributed by atoms with Gasteiger partial charge >= 0.3 is 12.0 Å². The number of rotatable bonds is 6. The van der Waals surface area contributed by atoms with Crippen LogP contribution in [0.3, 0.4) is 0 Å². The molecule has 126 valence electrons.